The summed E-state index contributed by atoms with van der Waals surface area (Å²) >= 11 is 5.80. The molecule has 0 atom stereocenters. The first-order valence-electron chi connectivity index (χ1n) is 4.48. The molecule has 2 N–H and O–H groups in total. The fourth-order valence-electron chi connectivity index (χ4n) is 1.18. The number of rotatable bonds is 2. The van der Waals surface area contributed by atoms with Crippen LogP contribution in [0.2, 0.25) is 5.02 Å². The van der Waals surface area contributed by atoms with Crippen molar-refractivity contribution in [3.8, 4) is 11.5 Å². The van der Waals surface area contributed by atoms with E-state index in [0.29, 0.717) is 17.2 Å². The zero-order valence-corrected chi connectivity index (χ0v) is 8.91. The number of nitrogens with two attached hydrogens (primary N) is 1. The van der Waals surface area contributed by atoms with Gasteiger partial charge in [0.25, 0.3) is 0 Å². The van der Waals surface area contributed by atoms with Crippen molar-refractivity contribution in [2.45, 2.75) is 0 Å². The summed E-state index contributed by atoms with van der Waals surface area (Å²) in [6, 6.07) is 5.49. The monoisotopic (exact) mass is 238 g/mol. The van der Waals surface area contributed by atoms with E-state index in [1.165, 1.54) is 30.6 Å². The zero-order valence-electron chi connectivity index (χ0n) is 8.15. The van der Waals surface area contributed by atoms with Crippen molar-refractivity contribution in [3.63, 3.8) is 0 Å². The van der Waals surface area contributed by atoms with Crippen LogP contribution in [0.5, 0.6) is 11.5 Å². The molecule has 1 heterocycles. The Balaban J connectivity index is 2.27. The maximum absolute atomic E-state index is 12.8. The van der Waals surface area contributed by atoms with Crippen molar-refractivity contribution < 1.29 is 9.13 Å². The molecule has 0 aliphatic heterocycles. The minimum atomic E-state index is -0.414. The highest BCUT2D eigenvalue weighted by atomic mass is 35.5. The number of aromatic nitrogens is 1. The van der Waals surface area contributed by atoms with Crippen molar-refractivity contribution in [1.29, 1.82) is 0 Å². The van der Waals surface area contributed by atoms with Gasteiger partial charge in [-0.15, -0.1) is 0 Å². The van der Waals surface area contributed by atoms with Crippen molar-refractivity contribution in [2.75, 3.05) is 5.73 Å². The number of pyridine rings is 1. The fourth-order valence-corrected chi connectivity index (χ4v) is 1.38. The number of hydrogen-bond donors (Lipinski definition) is 1. The van der Waals surface area contributed by atoms with Gasteiger partial charge >= 0.3 is 0 Å². The number of nitrogens with zero attached hydrogens (tertiary/aromatic N) is 1. The minimum Gasteiger partial charge on any atom is -0.454 e. The Morgan fingerprint density at radius 3 is 2.75 bits per heavy atom. The van der Waals surface area contributed by atoms with E-state index >= 15 is 0 Å². The van der Waals surface area contributed by atoms with Gasteiger partial charge < -0.3 is 10.5 Å². The van der Waals surface area contributed by atoms with E-state index in [2.05, 4.69) is 4.98 Å². The predicted molar refractivity (Wildman–Crippen MR) is 60.1 cm³/mol. The molecule has 0 fully saturated rings. The normalized spacial score (nSPS) is 10.1. The molecule has 0 bridgehead atoms. The van der Waals surface area contributed by atoms with Gasteiger partial charge in [-0.1, -0.05) is 11.6 Å². The highest BCUT2D eigenvalue weighted by molar-refractivity contribution is 6.32. The van der Waals surface area contributed by atoms with Crippen LogP contribution in [-0.2, 0) is 0 Å². The molecule has 1 aromatic heterocycles. The summed E-state index contributed by atoms with van der Waals surface area (Å²) < 4.78 is 18.2. The van der Waals surface area contributed by atoms with Gasteiger partial charge in [-0.3, -0.25) is 4.98 Å². The molecule has 0 radical (unpaired) electrons. The number of hydrogen-bond acceptors (Lipinski definition) is 3. The molecule has 5 heteroatoms. The van der Waals surface area contributed by atoms with Crippen LogP contribution < -0.4 is 10.5 Å². The summed E-state index contributed by atoms with van der Waals surface area (Å²) in [5.41, 5.74) is 6.02. The predicted octanol–water partition coefficient (Wildman–Crippen LogP) is 3.25. The van der Waals surface area contributed by atoms with Crippen molar-refractivity contribution >= 4 is 17.3 Å². The summed E-state index contributed by atoms with van der Waals surface area (Å²) in [5.74, 6) is 0.395. The third-order valence-corrected chi connectivity index (χ3v) is 2.15. The Labute approximate surface area is 96.6 Å². The zero-order chi connectivity index (χ0) is 11.5. The number of anilines is 1. The van der Waals surface area contributed by atoms with Gasteiger partial charge in [0.15, 0.2) is 0 Å². The summed E-state index contributed by atoms with van der Waals surface area (Å²) in [6.07, 6.45) is 3.00. The largest absolute Gasteiger partial charge is 0.454 e. The first-order valence-corrected chi connectivity index (χ1v) is 4.86. The van der Waals surface area contributed by atoms with E-state index in [1.54, 1.807) is 6.07 Å². The second-order valence-electron chi connectivity index (χ2n) is 3.13. The van der Waals surface area contributed by atoms with Crippen LogP contribution in [0.15, 0.2) is 36.7 Å². The van der Waals surface area contributed by atoms with E-state index in [1.807, 2.05) is 0 Å². The maximum Gasteiger partial charge on any atom is 0.147 e. The second-order valence-corrected chi connectivity index (χ2v) is 3.54. The van der Waals surface area contributed by atoms with Gasteiger partial charge in [0.2, 0.25) is 0 Å². The van der Waals surface area contributed by atoms with Crippen molar-refractivity contribution in [1.82, 2.24) is 4.98 Å². The van der Waals surface area contributed by atoms with E-state index in [9.17, 15) is 4.39 Å². The molecule has 0 aliphatic rings. The lowest BCUT2D eigenvalue weighted by molar-refractivity contribution is 0.479. The Hall–Kier alpha value is -1.81. The number of nitrogen functional groups attached to an aromatic ring is 1. The molecule has 16 heavy (non-hydrogen) atoms. The molecule has 1 aromatic carbocycles. The Morgan fingerprint density at radius 2 is 2.06 bits per heavy atom. The number of halogens is 2. The van der Waals surface area contributed by atoms with Crippen LogP contribution in [0.1, 0.15) is 0 Å². The van der Waals surface area contributed by atoms with Crippen LogP contribution in [0.25, 0.3) is 0 Å². The Kier molecular flexibility index (Phi) is 2.92. The maximum atomic E-state index is 12.8. The average Bonchev–Trinajstić information content (AvgIpc) is 2.22. The molecule has 2 rings (SSSR count). The molecule has 0 aliphatic carbocycles. The van der Waals surface area contributed by atoms with E-state index < -0.39 is 5.82 Å². The first-order chi connectivity index (χ1) is 7.65. The van der Waals surface area contributed by atoms with Gasteiger partial charge in [-0.2, -0.15) is 0 Å². The smallest absolute Gasteiger partial charge is 0.147 e. The molecule has 0 saturated carbocycles. The highest BCUT2D eigenvalue weighted by Crippen LogP contribution is 2.29. The standard InChI is InChI=1S/C11H8ClFN2O/c12-10-3-7(13)1-2-11(10)16-9-4-8(14)5-15-6-9/h1-6H,14H2. The minimum absolute atomic E-state index is 0.197. The number of benzene rings is 1. The van der Waals surface area contributed by atoms with Crippen molar-refractivity contribution in [3.05, 3.63) is 47.5 Å². The SMILES string of the molecule is Nc1cncc(Oc2ccc(F)cc2Cl)c1. The Morgan fingerprint density at radius 1 is 1.25 bits per heavy atom. The lowest BCUT2D eigenvalue weighted by Crippen LogP contribution is -1.90. The Bertz CT molecular complexity index is 519. The fraction of sp³-hybridized carbons (Fsp3) is 0. The molecular formula is C11H8ClFN2O. The third kappa shape index (κ3) is 2.41. The van der Waals surface area contributed by atoms with Gasteiger partial charge in [0.05, 0.1) is 23.1 Å². The first kappa shape index (κ1) is 10.7. The summed E-state index contributed by atoms with van der Waals surface area (Å²) in [5, 5.41) is 0.197. The number of ether oxygens (including phenoxy) is 1. The van der Waals surface area contributed by atoms with Gasteiger partial charge in [0.1, 0.15) is 17.3 Å². The highest BCUT2D eigenvalue weighted by Gasteiger charge is 2.04. The lowest BCUT2D eigenvalue weighted by atomic mass is 10.3. The van der Waals surface area contributed by atoms with Crippen LogP contribution in [0.3, 0.4) is 0 Å². The summed E-state index contributed by atoms with van der Waals surface area (Å²) in [4.78, 5) is 3.86. The molecular weight excluding hydrogens is 231 g/mol. The van der Waals surface area contributed by atoms with Crippen LogP contribution in [-0.4, -0.2) is 4.98 Å². The van der Waals surface area contributed by atoms with Crippen LogP contribution in [0.4, 0.5) is 10.1 Å². The average molecular weight is 239 g/mol. The second kappa shape index (κ2) is 4.37. The quantitative estimate of drug-likeness (QED) is 0.874. The topological polar surface area (TPSA) is 48.1 Å². The molecule has 3 nitrogen and oxygen atoms in total. The van der Waals surface area contributed by atoms with Crippen molar-refractivity contribution in [2.24, 2.45) is 0 Å². The van der Waals surface area contributed by atoms with E-state index in [0.717, 1.165) is 0 Å². The van der Waals surface area contributed by atoms with Gasteiger partial charge in [-0.05, 0) is 18.2 Å². The molecule has 0 spiro atoms. The van der Waals surface area contributed by atoms with Gasteiger partial charge in [-0.25, -0.2) is 4.39 Å². The molecule has 2 aromatic rings. The summed E-state index contributed by atoms with van der Waals surface area (Å²) in [6.45, 7) is 0. The van der Waals surface area contributed by atoms with E-state index in [-0.39, 0.29) is 5.02 Å². The summed E-state index contributed by atoms with van der Waals surface area (Å²) in [7, 11) is 0. The molecule has 0 amide bonds. The molecule has 0 unspecified atom stereocenters. The molecule has 0 saturated heterocycles. The lowest BCUT2D eigenvalue weighted by Gasteiger charge is -2.07. The molecule has 82 valence electrons. The van der Waals surface area contributed by atoms with E-state index in [4.69, 9.17) is 22.1 Å². The third-order valence-electron chi connectivity index (χ3n) is 1.86. The van der Waals surface area contributed by atoms with Crippen LogP contribution in [0, 0.1) is 5.82 Å². The van der Waals surface area contributed by atoms with Gasteiger partial charge in [0, 0.05) is 6.07 Å². The van der Waals surface area contributed by atoms with Crippen LogP contribution >= 0.6 is 11.6 Å².